The van der Waals surface area contributed by atoms with Gasteiger partial charge >= 0.3 is 0 Å². The second kappa shape index (κ2) is 9.76. The van der Waals surface area contributed by atoms with E-state index in [9.17, 15) is 14.4 Å². The molecule has 0 aromatic heterocycles. The Morgan fingerprint density at radius 1 is 0.829 bits per heavy atom. The first-order valence-electron chi connectivity index (χ1n) is 11.7. The fourth-order valence-corrected chi connectivity index (χ4v) is 4.67. The molecule has 0 radical (unpaired) electrons. The smallest absolute Gasteiger partial charge is 0.261 e. The zero-order valence-corrected chi connectivity index (χ0v) is 19.6. The molecule has 0 spiro atoms. The molecule has 3 amide bonds. The van der Waals surface area contributed by atoms with E-state index < -0.39 is 0 Å². The molecule has 2 aliphatic heterocycles. The molecule has 0 aliphatic carbocycles. The second-order valence-electron chi connectivity index (χ2n) is 8.66. The number of hydrogen-bond acceptors (Lipinski definition) is 6. The summed E-state index contributed by atoms with van der Waals surface area (Å²) in [6.45, 7) is 3.34. The van der Waals surface area contributed by atoms with Crippen LogP contribution >= 0.6 is 0 Å². The number of amides is 3. The van der Waals surface area contributed by atoms with Gasteiger partial charge in [0.15, 0.2) is 6.61 Å². The number of piperazine rings is 1. The molecule has 8 heteroatoms. The summed E-state index contributed by atoms with van der Waals surface area (Å²) in [5, 5.41) is 1.64. The molecule has 0 N–H and O–H groups in total. The average Bonchev–Trinajstić information content (AvgIpc) is 2.90. The normalized spacial score (nSPS) is 16.0. The summed E-state index contributed by atoms with van der Waals surface area (Å²) >= 11 is 0. The predicted octanol–water partition coefficient (Wildman–Crippen LogP) is 2.67. The van der Waals surface area contributed by atoms with E-state index in [1.807, 2.05) is 36.4 Å². The molecule has 3 aromatic rings. The predicted molar refractivity (Wildman–Crippen MR) is 131 cm³/mol. The Hall–Kier alpha value is -3.91. The first-order valence-corrected chi connectivity index (χ1v) is 11.7. The van der Waals surface area contributed by atoms with Crippen molar-refractivity contribution in [2.24, 2.45) is 0 Å². The van der Waals surface area contributed by atoms with Gasteiger partial charge in [-0.05, 0) is 29.7 Å². The SMILES string of the molecule is COc1cccc(OCC(=O)N2CCN(CCN3C(=O)c4cccc5cccc(c45)C3=O)CC2)c1. The van der Waals surface area contributed by atoms with Crippen molar-refractivity contribution in [2.45, 2.75) is 0 Å². The fraction of sp³-hybridized carbons (Fsp3) is 0.296. The summed E-state index contributed by atoms with van der Waals surface area (Å²) in [6, 6.07) is 18.3. The molecule has 8 nitrogen and oxygen atoms in total. The zero-order valence-electron chi connectivity index (χ0n) is 19.6. The first-order chi connectivity index (χ1) is 17.0. The van der Waals surface area contributed by atoms with E-state index in [1.54, 1.807) is 36.3 Å². The van der Waals surface area contributed by atoms with Crippen molar-refractivity contribution in [3.63, 3.8) is 0 Å². The van der Waals surface area contributed by atoms with Gasteiger partial charge in [-0.3, -0.25) is 24.2 Å². The van der Waals surface area contributed by atoms with Crippen molar-refractivity contribution in [1.29, 1.82) is 0 Å². The van der Waals surface area contributed by atoms with E-state index in [4.69, 9.17) is 9.47 Å². The molecule has 35 heavy (non-hydrogen) atoms. The van der Waals surface area contributed by atoms with Crippen LogP contribution in [0.25, 0.3) is 10.8 Å². The monoisotopic (exact) mass is 473 g/mol. The third kappa shape index (κ3) is 4.57. The molecular weight excluding hydrogens is 446 g/mol. The van der Waals surface area contributed by atoms with Gasteiger partial charge in [0, 0.05) is 61.8 Å². The lowest BCUT2D eigenvalue weighted by molar-refractivity contribution is -0.135. The standard InChI is InChI=1S/C27H27N3O5/c1-34-20-7-4-8-21(17-20)35-18-24(31)29-14-11-28(12-15-29)13-16-30-26(32)22-9-2-5-19-6-3-10-23(25(19)22)27(30)33/h2-10,17H,11-16,18H2,1H3. The molecule has 5 rings (SSSR count). The van der Waals surface area contributed by atoms with Gasteiger partial charge in [0.2, 0.25) is 0 Å². The third-order valence-electron chi connectivity index (χ3n) is 6.62. The number of benzene rings is 3. The molecule has 0 bridgehead atoms. The van der Waals surface area contributed by atoms with Crippen molar-refractivity contribution < 1.29 is 23.9 Å². The van der Waals surface area contributed by atoms with Gasteiger partial charge in [0.1, 0.15) is 11.5 Å². The molecule has 3 aromatic carbocycles. The van der Waals surface area contributed by atoms with Crippen LogP contribution < -0.4 is 9.47 Å². The molecule has 2 aliphatic rings. The van der Waals surface area contributed by atoms with Crippen LogP contribution in [0.15, 0.2) is 60.7 Å². The number of carbonyl (C=O) groups excluding carboxylic acids is 3. The zero-order chi connectivity index (χ0) is 24.4. The van der Waals surface area contributed by atoms with Gasteiger partial charge in [-0.25, -0.2) is 0 Å². The van der Waals surface area contributed by atoms with Crippen LogP contribution in [0.5, 0.6) is 11.5 Å². The molecule has 180 valence electrons. The second-order valence-corrected chi connectivity index (χ2v) is 8.66. The van der Waals surface area contributed by atoms with E-state index in [-0.39, 0.29) is 24.3 Å². The van der Waals surface area contributed by atoms with Crippen LogP contribution in [0, 0.1) is 0 Å². The largest absolute Gasteiger partial charge is 0.497 e. The lowest BCUT2D eigenvalue weighted by Crippen LogP contribution is -2.52. The van der Waals surface area contributed by atoms with Gasteiger partial charge in [-0.1, -0.05) is 30.3 Å². The van der Waals surface area contributed by atoms with Gasteiger partial charge < -0.3 is 14.4 Å². The summed E-state index contributed by atoms with van der Waals surface area (Å²) in [6.07, 6.45) is 0. The van der Waals surface area contributed by atoms with Gasteiger partial charge in [0.05, 0.1) is 7.11 Å². The molecule has 0 saturated carbocycles. The molecular formula is C27H27N3O5. The Morgan fingerprint density at radius 2 is 1.46 bits per heavy atom. The van der Waals surface area contributed by atoms with Crippen molar-refractivity contribution in [2.75, 3.05) is 53.0 Å². The lowest BCUT2D eigenvalue weighted by atomic mass is 9.94. The maximum atomic E-state index is 13.1. The molecule has 0 atom stereocenters. The minimum atomic E-state index is -0.247. The van der Waals surface area contributed by atoms with E-state index in [1.165, 1.54) is 4.90 Å². The topological polar surface area (TPSA) is 79.4 Å². The summed E-state index contributed by atoms with van der Waals surface area (Å²) < 4.78 is 10.8. The van der Waals surface area contributed by atoms with Crippen LogP contribution in [0.3, 0.4) is 0 Å². The minimum absolute atomic E-state index is 0.0328. The fourth-order valence-electron chi connectivity index (χ4n) is 4.67. The lowest BCUT2D eigenvalue weighted by Gasteiger charge is -2.36. The average molecular weight is 474 g/mol. The molecule has 1 fully saturated rings. The number of hydrogen-bond donors (Lipinski definition) is 0. The molecule has 2 heterocycles. The van der Waals surface area contributed by atoms with Crippen LogP contribution in [-0.4, -0.2) is 85.4 Å². The number of carbonyl (C=O) groups is 3. The van der Waals surface area contributed by atoms with Gasteiger partial charge in [0.25, 0.3) is 17.7 Å². The number of ether oxygens (including phenoxy) is 2. The number of methoxy groups -OCH3 is 1. The van der Waals surface area contributed by atoms with E-state index in [2.05, 4.69) is 4.90 Å². The maximum absolute atomic E-state index is 13.1. The van der Waals surface area contributed by atoms with Crippen LogP contribution in [0.4, 0.5) is 0 Å². The summed E-state index contributed by atoms with van der Waals surface area (Å²) in [5.74, 6) is 0.697. The van der Waals surface area contributed by atoms with Gasteiger partial charge in [-0.15, -0.1) is 0 Å². The van der Waals surface area contributed by atoms with Crippen molar-refractivity contribution >= 4 is 28.5 Å². The van der Waals surface area contributed by atoms with Crippen LogP contribution in [-0.2, 0) is 4.79 Å². The maximum Gasteiger partial charge on any atom is 0.261 e. The Balaban J connectivity index is 1.13. The van der Waals surface area contributed by atoms with Crippen LogP contribution in [0.1, 0.15) is 20.7 Å². The molecule has 1 saturated heterocycles. The number of imide groups is 1. The Bertz CT molecular complexity index is 1230. The van der Waals surface area contributed by atoms with Crippen LogP contribution in [0.2, 0.25) is 0 Å². The molecule has 0 unspecified atom stereocenters. The highest BCUT2D eigenvalue weighted by atomic mass is 16.5. The first kappa shape index (κ1) is 22.9. The quantitative estimate of drug-likeness (QED) is 0.491. The Labute approximate surface area is 203 Å². The number of rotatable bonds is 7. The van der Waals surface area contributed by atoms with E-state index in [0.29, 0.717) is 61.9 Å². The minimum Gasteiger partial charge on any atom is -0.497 e. The van der Waals surface area contributed by atoms with Crippen molar-refractivity contribution in [3.8, 4) is 11.5 Å². The highest BCUT2D eigenvalue weighted by Crippen LogP contribution is 2.29. The number of nitrogens with zero attached hydrogens (tertiary/aromatic N) is 3. The summed E-state index contributed by atoms with van der Waals surface area (Å²) in [4.78, 5) is 44.0. The highest BCUT2D eigenvalue weighted by molar-refractivity contribution is 6.25. The van der Waals surface area contributed by atoms with Gasteiger partial charge in [-0.2, -0.15) is 0 Å². The van der Waals surface area contributed by atoms with Crippen molar-refractivity contribution in [3.05, 3.63) is 71.8 Å². The summed E-state index contributed by atoms with van der Waals surface area (Å²) in [5.41, 5.74) is 1.15. The third-order valence-corrected chi connectivity index (χ3v) is 6.62. The Kier molecular flexibility index (Phi) is 6.37. The van der Waals surface area contributed by atoms with E-state index in [0.717, 1.165) is 10.8 Å². The van der Waals surface area contributed by atoms with Crippen molar-refractivity contribution in [1.82, 2.24) is 14.7 Å². The highest BCUT2D eigenvalue weighted by Gasteiger charge is 2.33. The summed E-state index contributed by atoms with van der Waals surface area (Å²) in [7, 11) is 1.58. The van der Waals surface area contributed by atoms with E-state index >= 15 is 0 Å². The Morgan fingerprint density at radius 3 is 2.11 bits per heavy atom.